The first-order valence-electron chi connectivity index (χ1n) is 10.3. The second-order valence-electron chi connectivity index (χ2n) is 8.89. The number of allylic oxidation sites excluding steroid dienone is 1. The SMILES string of the molecule is C=CC[C@H](CO)C[C@@H](C)CO[Si](c1ccccc1)(c1ccccc1)C(C)(C)C. The molecule has 152 valence electrons. The highest BCUT2D eigenvalue weighted by Gasteiger charge is 2.50. The third kappa shape index (κ3) is 5.22. The maximum atomic E-state index is 9.64. The topological polar surface area (TPSA) is 29.5 Å². The molecule has 0 heterocycles. The van der Waals surface area contributed by atoms with Crippen molar-refractivity contribution in [2.45, 2.75) is 45.6 Å². The minimum Gasteiger partial charge on any atom is -0.407 e. The van der Waals surface area contributed by atoms with Crippen molar-refractivity contribution < 1.29 is 9.53 Å². The molecule has 0 aliphatic carbocycles. The minimum absolute atomic E-state index is 0.00702. The quantitative estimate of drug-likeness (QED) is 0.463. The highest BCUT2D eigenvalue weighted by atomic mass is 28.4. The maximum Gasteiger partial charge on any atom is 0.261 e. The Kier molecular flexibility index (Phi) is 8.23. The zero-order valence-electron chi connectivity index (χ0n) is 17.9. The third-order valence-corrected chi connectivity index (χ3v) is 10.5. The fourth-order valence-corrected chi connectivity index (χ4v) is 8.84. The second-order valence-corrected chi connectivity index (χ2v) is 13.2. The van der Waals surface area contributed by atoms with Crippen LogP contribution in [0.15, 0.2) is 73.3 Å². The molecule has 3 heteroatoms. The number of hydrogen-bond donors (Lipinski definition) is 1. The van der Waals surface area contributed by atoms with Crippen molar-refractivity contribution in [3.05, 3.63) is 73.3 Å². The lowest BCUT2D eigenvalue weighted by Gasteiger charge is -2.43. The fourth-order valence-electron chi connectivity index (χ4n) is 4.15. The van der Waals surface area contributed by atoms with E-state index >= 15 is 0 Å². The van der Waals surface area contributed by atoms with E-state index in [0.29, 0.717) is 12.5 Å². The molecule has 2 atom stereocenters. The van der Waals surface area contributed by atoms with E-state index in [-0.39, 0.29) is 17.6 Å². The summed E-state index contributed by atoms with van der Waals surface area (Å²) in [6.07, 6.45) is 3.69. The lowest BCUT2D eigenvalue weighted by Crippen LogP contribution is -2.66. The Bertz CT molecular complexity index is 667. The molecule has 2 nitrogen and oxygen atoms in total. The van der Waals surface area contributed by atoms with Crippen LogP contribution in [0.1, 0.15) is 40.5 Å². The van der Waals surface area contributed by atoms with Gasteiger partial charge in [0.2, 0.25) is 0 Å². The van der Waals surface area contributed by atoms with Gasteiger partial charge in [-0.1, -0.05) is 94.4 Å². The van der Waals surface area contributed by atoms with Crippen LogP contribution in [0.3, 0.4) is 0 Å². The molecule has 0 fully saturated rings. The van der Waals surface area contributed by atoms with Crippen LogP contribution in [0.2, 0.25) is 5.04 Å². The van der Waals surface area contributed by atoms with E-state index in [0.717, 1.165) is 12.8 Å². The van der Waals surface area contributed by atoms with Gasteiger partial charge in [0.1, 0.15) is 0 Å². The molecular formula is C25H36O2Si. The normalized spacial score (nSPS) is 14.5. The van der Waals surface area contributed by atoms with Crippen molar-refractivity contribution in [3.63, 3.8) is 0 Å². The first kappa shape index (κ1) is 22.6. The molecule has 28 heavy (non-hydrogen) atoms. The average molecular weight is 397 g/mol. The predicted molar refractivity (Wildman–Crippen MR) is 123 cm³/mol. The highest BCUT2D eigenvalue weighted by Crippen LogP contribution is 2.37. The lowest BCUT2D eigenvalue weighted by atomic mass is 9.94. The van der Waals surface area contributed by atoms with Crippen molar-refractivity contribution in [2.75, 3.05) is 13.2 Å². The van der Waals surface area contributed by atoms with Gasteiger partial charge in [-0.25, -0.2) is 0 Å². The van der Waals surface area contributed by atoms with E-state index < -0.39 is 8.32 Å². The van der Waals surface area contributed by atoms with E-state index in [4.69, 9.17) is 4.43 Å². The predicted octanol–water partition coefficient (Wildman–Crippen LogP) is 4.77. The molecule has 0 aliphatic heterocycles. The summed E-state index contributed by atoms with van der Waals surface area (Å²) in [4.78, 5) is 0. The molecular weight excluding hydrogens is 360 g/mol. The lowest BCUT2D eigenvalue weighted by molar-refractivity contribution is 0.174. The Hall–Kier alpha value is -1.68. The second kappa shape index (κ2) is 10.2. The van der Waals surface area contributed by atoms with Gasteiger partial charge in [0.15, 0.2) is 0 Å². The Morgan fingerprint density at radius 2 is 1.50 bits per heavy atom. The maximum absolute atomic E-state index is 9.64. The zero-order chi connectivity index (χ0) is 20.6. The average Bonchev–Trinajstić information content (AvgIpc) is 2.68. The molecule has 2 aromatic rings. The van der Waals surface area contributed by atoms with E-state index in [9.17, 15) is 5.11 Å². The van der Waals surface area contributed by atoms with Crippen molar-refractivity contribution in [3.8, 4) is 0 Å². The van der Waals surface area contributed by atoms with Crippen molar-refractivity contribution in [1.29, 1.82) is 0 Å². The molecule has 1 N–H and O–H groups in total. The zero-order valence-corrected chi connectivity index (χ0v) is 18.9. The summed E-state index contributed by atoms with van der Waals surface area (Å²) < 4.78 is 6.98. The molecule has 2 aromatic carbocycles. The summed E-state index contributed by atoms with van der Waals surface area (Å²) in [7, 11) is -2.47. The fraction of sp³-hybridized carbons (Fsp3) is 0.440. The molecule has 0 aliphatic rings. The Labute approximate surface area is 172 Å². The standard InChI is InChI=1S/C25H36O2Si/c1-6-13-22(19-26)18-21(2)20-27-28(25(3,4)5,23-14-9-7-10-15-23)24-16-11-8-12-17-24/h6-12,14-17,21-22,26H,1,13,18-20H2,2-5H3/t21-,22+/m1/s1. The first-order valence-corrected chi connectivity index (χ1v) is 12.2. The molecule has 0 aromatic heterocycles. The number of aliphatic hydroxyl groups excluding tert-OH is 1. The van der Waals surface area contributed by atoms with E-state index in [1.165, 1.54) is 10.4 Å². The van der Waals surface area contributed by atoms with Crippen LogP contribution >= 0.6 is 0 Å². The molecule has 0 bridgehead atoms. The van der Waals surface area contributed by atoms with Crippen molar-refractivity contribution >= 4 is 18.7 Å². The molecule has 0 unspecified atom stereocenters. The van der Waals surface area contributed by atoms with Crippen LogP contribution in [0, 0.1) is 11.8 Å². The largest absolute Gasteiger partial charge is 0.407 e. The van der Waals surface area contributed by atoms with Gasteiger partial charge in [0.25, 0.3) is 8.32 Å². The first-order chi connectivity index (χ1) is 13.3. The smallest absolute Gasteiger partial charge is 0.261 e. The van der Waals surface area contributed by atoms with E-state index in [2.05, 4.69) is 94.9 Å². The van der Waals surface area contributed by atoms with Gasteiger partial charge in [0.05, 0.1) is 0 Å². The van der Waals surface area contributed by atoms with Gasteiger partial charge in [-0.15, -0.1) is 6.58 Å². The van der Waals surface area contributed by atoms with Gasteiger partial charge in [-0.2, -0.15) is 0 Å². The molecule has 0 saturated heterocycles. The van der Waals surface area contributed by atoms with Gasteiger partial charge in [-0.05, 0) is 40.1 Å². The van der Waals surface area contributed by atoms with Crippen LogP contribution in [0.25, 0.3) is 0 Å². The number of hydrogen-bond acceptors (Lipinski definition) is 2. The molecule has 0 saturated carbocycles. The van der Waals surface area contributed by atoms with E-state index in [1.807, 2.05) is 6.08 Å². The number of aliphatic hydroxyl groups is 1. The van der Waals surface area contributed by atoms with Gasteiger partial charge in [-0.3, -0.25) is 0 Å². The van der Waals surface area contributed by atoms with Crippen molar-refractivity contribution in [2.24, 2.45) is 11.8 Å². The van der Waals surface area contributed by atoms with Gasteiger partial charge >= 0.3 is 0 Å². The van der Waals surface area contributed by atoms with Gasteiger partial charge in [0, 0.05) is 13.2 Å². The van der Waals surface area contributed by atoms with Crippen LogP contribution in [-0.2, 0) is 4.43 Å². The highest BCUT2D eigenvalue weighted by molar-refractivity contribution is 6.99. The van der Waals surface area contributed by atoms with Crippen molar-refractivity contribution in [1.82, 2.24) is 0 Å². The summed E-state index contributed by atoms with van der Waals surface area (Å²) in [6, 6.07) is 21.5. The Balaban J connectivity index is 2.38. The van der Waals surface area contributed by atoms with E-state index in [1.54, 1.807) is 0 Å². The van der Waals surface area contributed by atoms with Gasteiger partial charge < -0.3 is 9.53 Å². The monoisotopic (exact) mass is 396 g/mol. The molecule has 0 spiro atoms. The third-order valence-electron chi connectivity index (χ3n) is 5.50. The van der Waals surface area contributed by atoms with Crippen LogP contribution in [-0.4, -0.2) is 26.6 Å². The molecule has 0 radical (unpaired) electrons. The number of benzene rings is 2. The summed E-state index contributed by atoms with van der Waals surface area (Å²) in [5.74, 6) is 0.633. The van der Waals surface area contributed by atoms with Crippen LogP contribution < -0.4 is 10.4 Å². The number of rotatable bonds is 10. The Morgan fingerprint density at radius 1 is 1.00 bits per heavy atom. The summed E-state index contributed by atoms with van der Waals surface area (Å²) in [5.41, 5.74) is 0. The van der Waals surface area contributed by atoms with Crippen LogP contribution in [0.5, 0.6) is 0 Å². The molecule has 2 rings (SSSR count). The Morgan fingerprint density at radius 3 is 1.89 bits per heavy atom. The van der Waals surface area contributed by atoms with Crippen LogP contribution in [0.4, 0.5) is 0 Å². The summed E-state index contributed by atoms with van der Waals surface area (Å²) in [6.45, 7) is 13.9. The molecule has 0 amide bonds. The summed E-state index contributed by atoms with van der Waals surface area (Å²) in [5, 5.41) is 12.3. The summed E-state index contributed by atoms with van der Waals surface area (Å²) >= 11 is 0. The minimum atomic E-state index is -2.47.